The molecule has 0 amide bonds. The van der Waals surface area contributed by atoms with E-state index in [2.05, 4.69) is 5.32 Å². The Bertz CT molecular complexity index is 408. The summed E-state index contributed by atoms with van der Waals surface area (Å²) < 4.78 is 31.2. The number of rotatable bonds is 5. The summed E-state index contributed by atoms with van der Waals surface area (Å²) in [6, 6.07) is 2.19. The molecule has 0 spiro atoms. The summed E-state index contributed by atoms with van der Waals surface area (Å²) >= 11 is 0. The van der Waals surface area contributed by atoms with E-state index < -0.39 is 11.6 Å². The predicted octanol–water partition coefficient (Wildman–Crippen LogP) is 2.64. The summed E-state index contributed by atoms with van der Waals surface area (Å²) in [4.78, 5) is 11.0. The highest BCUT2D eigenvalue weighted by Gasteiger charge is 2.07. The molecule has 3 nitrogen and oxygen atoms in total. The van der Waals surface area contributed by atoms with Crippen molar-refractivity contribution in [3.05, 3.63) is 29.3 Å². The summed E-state index contributed by atoms with van der Waals surface area (Å²) in [6.07, 6.45) is 0.114. The SMILES string of the molecule is CCOC(=O)CCNc1cc(F)c(C)cc1F. The van der Waals surface area contributed by atoms with Gasteiger partial charge in [-0.05, 0) is 25.5 Å². The van der Waals surface area contributed by atoms with Crippen LogP contribution in [0.5, 0.6) is 0 Å². The number of carbonyl (C=O) groups excluding carboxylic acids is 1. The van der Waals surface area contributed by atoms with Crippen molar-refractivity contribution >= 4 is 11.7 Å². The lowest BCUT2D eigenvalue weighted by Crippen LogP contribution is -2.12. The molecule has 17 heavy (non-hydrogen) atoms. The zero-order valence-corrected chi connectivity index (χ0v) is 9.85. The van der Waals surface area contributed by atoms with Gasteiger partial charge < -0.3 is 10.1 Å². The Kier molecular flexibility index (Phi) is 4.87. The van der Waals surface area contributed by atoms with Crippen molar-refractivity contribution in [2.75, 3.05) is 18.5 Å². The first-order valence-electron chi connectivity index (χ1n) is 5.39. The van der Waals surface area contributed by atoms with Gasteiger partial charge in [-0.3, -0.25) is 4.79 Å². The van der Waals surface area contributed by atoms with Crippen LogP contribution in [0.3, 0.4) is 0 Å². The second-order valence-electron chi connectivity index (χ2n) is 3.56. The predicted molar refractivity (Wildman–Crippen MR) is 60.8 cm³/mol. The fourth-order valence-electron chi connectivity index (χ4n) is 1.31. The van der Waals surface area contributed by atoms with Crippen molar-refractivity contribution in [2.45, 2.75) is 20.3 Å². The van der Waals surface area contributed by atoms with Crippen LogP contribution in [0.1, 0.15) is 18.9 Å². The molecule has 0 aliphatic carbocycles. The van der Waals surface area contributed by atoms with Crippen molar-refractivity contribution in [3.63, 3.8) is 0 Å². The van der Waals surface area contributed by atoms with Gasteiger partial charge in [0.25, 0.3) is 0 Å². The maximum Gasteiger partial charge on any atom is 0.307 e. The lowest BCUT2D eigenvalue weighted by atomic mass is 10.2. The maximum absolute atomic E-state index is 13.4. The Labute approximate surface area is 98.8 Å². The summed E-state index contributed by atoms with van der Waals surface area (Å²) in [5, 5.41) is 2.65. The van der Waals surface area contributed by atoms with E-state index in [-0.39, 0.29) is 30.2 Å². The van der Waals surface area contributed by atoms with Gasteiger partial charge in [0.1, 0.15) is 11.6 Å². The van der Waals surface area contributed by atoms with Crippen LogP contribution in [0.25, 0.3) is 0 Å². The average molecular weight is 243 g/mol. The normalized spacial score (nSPS) is 10.1. The molecule has 1 aromatic rings. The van der Waals surface area contributed by atoms with E-state index in [1.165, 1.54) is 6.92 Å². The van der Waals surface area contributed by atoms with Crippen molar-refractivity contribution < 1.29 is 18.3 Å². The molecule has 0 atom stereocenters. The Hall–Kier alpha value is -1.65. The number of ether oxygens (including phenoxy) is 1. The van der Waals surface area contributed by atoms with Crippen LogP contribution in [0.4, 0.5) is 14.5 Å². The number of hydrogen-bond donors (Lipinski definition) is 1. The van der Waals surface area contributed by atoms with Crippen LogP contribution in [-0.4, -0.2) is 19.1 Å². The van der Waals surface area contributed by atoms with Crippen LogP contribution in [0.15, 0.2) is 12.1 Å². The molecule has 0 aliphatic heterocycles. The fourth-order valence-corrected chi connectivity index (χ4v) is 1.31. The number of carbonyl (C=O) groups is 1. The topological polar surface area (TPSA) is 38.3 Å². The first-order valence-corrected chi connectivity index (χ1v) is 5.39. The number of hydrogen-bond acceptors (Lipinski definition) is 3. The van der Waals surface area contributed by atoms with Gasteiger partial charge in [-0.25, -0.2) is 8.78 Å². The highest BCUT2D eigenvalue weighted by Crippen LogP contribution is 2.18. The molecule has 0 heterocycles. The molecule has 0 radical (unpaired) electrons. The molecule has 1 aromatic carbocycles. The number of esters is 1. The summed E-state index contributed by atoms with van der Waals surface area (Å²) in [6.45, 7) is 3.71. The minimum atomic E-state index is -0.534. The van der Waals surface area contributed by atoms with Gasteiger partial charge in [-0.2, -0.15) is 0 Å². The van der Waals surface area contributed by atoms with Gasteiger partial charge in [0.15, 0.2) is 0 Å². The first-order chi connectivity index (χ1) is 8.04. The van der Waals surface area contributed by atoms with Gasteiger partial charge >= 0.3 is 5.97 Å². The van der Waals surface area contributed by atoms with E-state index >= 15 is 0 Å². The van der Waals surface area contributed by atoms with E-state index in [1.807, 2.05) is 0 Å². The third-order valence-electron chi connectivity index (χ3n) is 2.20. The highest BCUT2D eigenvalue weighted by molar-refractivity contribution is 5.70. The van der Waals surface area contributed by atoms with Gasteiger partial charge in [0, 0.05) is 12.6 Å². The first kappa shape index (κ1) is 13.4. The number of aryl methyl sites for hydroxylation is 1. The minimum absolute atomic E-state index is 0.0531. The zero-order chi connectivity index (χ0) is 12.8. The molecule has 0 unspecified atom stereocenters. The van der Waals surface area contributed by atoms with E-state index in [0.29, 0.717) is 6.61 Å². The smallest absolute Gasteiger partial charge is 0.307 e. The van der Waals surface area contributed by atoms with Gasteiger partial charge in [-0.15, -0.1) is 0 Å². The molecule has 0 aromatic heterocycles. The number of anilines is 1. The van der Waals surface area contributed by atoms with Gasteiger partial charge in [0.2, 0.25) is 0 Å². The Morgan fingerprint density at radius 1 is 1.35 bits per heavy atom. The molecule has 0 aliphatic rings. The molecule has 5 heteroatoms. The van der Waals surface area contributed by atoms with E-state index in [0.717, 1.165) is 12.1 Å². The van der Waals surface area contributed by atoms with Crippen LogP contribution >= 0.6 is 0 Å². The number of benzene rings is 1. The molecule has 0 bridgehead atoms. The minimum Gasteiger partial charge on any atom is -0.466 e. The van der Waals surface area contributed by atoms with E-state index in [9.17, 15) is 13.6 Å². The Balaban J connectivity index is 2.52. The van der Waals surface area contributed by atoms with E-state index in [1.54, 1.807) is 6.92 Å². The monoisotopic (exact) mass is 243 g/mol. The third kappa shape index (κ3) is 4.01. The maximum atomic E-state index is 13.4. The molecule has 1 N–H and O–H groups in total. The highest BCUT2D eigenvalue weighted by atomic mass is 19.1. The molecular weight excluding hydrogens is 228 g/mol. The van der Waals surface area contributed by atoms with Crippen molar-refractivity contribution in [1.82, 2.24) is 0 Å². The standard InChI is InChI=1S/C12H15F2NO2/c1-3-17-12(16)4-5-15-11-7-9(13)8(2)6-10(11)14/h6-7,15H,3-5H2,1-2H3. The Morgan fingerprint density at radius 3 is 2.71 bits per heavy atom. The largest absolute Gasteiger partial charge is 0.466 e. The quantitative estimate of drug-likeness (QED) is 0.808. The third-order valence-corrected chi connectivity index (χ3v) is 2.20. The average Bonchev–Trinajstić information content (AvgIpc) is 2.26. The molecule has 1 rings (SSSR count). The van der Waals surface area contributed by atoms with Crippen LogP contribution in [0.2, 0.25) is 0 Å². The van der Waals surface area contributed by atoms with Crippen LogP contribution in [-0.2, 0) is 9.53 Å². The lowest BCUT2D eigenvalue weighted by Gasteiger charge is -2.08. The second-order valence-corrected chi connectivity index (χ2v) is 3.56. The van der Waals surface area contributed by atoms with Crippen LogP contribution in [0, 0.1) is 18.6 Å². The lowest BCUT2D eigenvalue weighted by molar-refractivity contribution is -0.142. The van der Waals surface area contributed by atoms with Gasteiger partial charge in [-0.1, -0.05) is 0 Å². The van der Waals surface area contributed by atoms with E-state index in [4.69, 9.17) is 4.74 Å². The van der Waals surface area contributed by atoms with Crippen molar-refractivity contribution in [2.24, 2.45) is 0 Å². The molecule has 0 saturated carbocycles. The zero-order valence-electron chi connectivity index (χ0n) is 9.85. The molecule has 0 fully saturated rings. The summed E-state index contributed by atoms with van der Waals surface area (Å²) in [7, 11) is 0. The molecule has 0 saturated heterocycles. The Morgan fingerprint density at radius 2 is 2.06 bits per heavy atom. The molecule has 94 valence electrons. The van der Waals surface area contributed by atoms with Crippen LogP contribution < -0.4 is 5.32 Å². The summed E-state index contributed by atoms with van der Waals surface area (Å²) in [5.74, 6) is -1.38. The molecular formula is C12H15F2NO2. The van der Waals surface area contributed by atoms with Crippen molar-refractivity contribution in [1.29, 1.82) is 0 Å². The van der Waals surface area contributed by atoms with Crippen molar-refractivity contribution in [3.8, 4) is 0 Å². The number of halogens is 2. The number of nitrogens with one attached hydrogen (secondary N) is 1. The summed E-state index contributed by atoms with van der Waals surface area (Å²) in [5.41, 5.74) is 0.302. The van der Waals surface area contributed by atoms with Gasteiger partial charge in [0.05, 0.1) is 18.7 Å². The second kappa shape index (κ2) is 6.18. The fraction of sp³-hybridized carbons (Fsp3) is 0.417.